The van der Waals surface area contributed by atoms with Gasteiger partial charge in [-0.3, -0.25) is 4.79 Å². The van der Waals surface area contributed by atoms with E-state index >= 15 is 0 Å². The highest BCUT2D eigenvalue weighted by Gasteiger charge is 2.35. The monoisotopic (exact) mass is 382 g/mol. The molecule has 0 amide bonds. The Hall–Kier alpha value is -2.36. The number of carbonyl (C=O) groups is 1. The first-order chi connectivity index (χ1) is 13.3. The molecule has 0 spiro atoms. The predicted molar refractivity (Wildman–Crippen MR) is 109 cm³/mol. The second-order valence-electron chi connectivity index (χ2n) is 8.83. The molecule has 3 unspecified atom stereocenters. The number of ether oxygens (including phenoxy) is 2. The third-order valence-electron chi connectivity index (χ3n) is 5.25. The number of hydrogen-bond donors (Lipinski definition) is 0. The summed E-state index contributed by atoms with van der Waals surface area (Å²) in [4.78, 5) is 12.4. The molecule has 150 valence electrons. The molecule has 1 aromatic heterocycles. The molecule has 0 saturated heterocycles. The maximum Gasteiger partial charge on any atom is 0.309 e. The number of esters is 1. The minimum absolute atomic E-state index is 0.0911. The van der Waals surface area contributed by atoms with Crippen LogP contribution in [0.5, 0.6) is 5.75 Å². The van der Waals surface area contributed by atoms with Crippen molar-refractivity contribution < 1.29 is 18.8 Å². The summed E-state index contributed by atoms with van der Waals surface area (Å²) in [7, 11) is 0. The van der Waals surface area contributed by atoms with E-state index in [2.05, 4.69) is 41.2 Å². The van der Waals surface area contributed by atoms with E-state index in [0.717, 1.165) is 31.6 Å². The van der Waals surface area contributed by atoms with Crippen LogP contribution in [0.2, 0.25) is 0 Å². The van der Waals surface area contributed by atoms with Gasteiger partial charge in [-0.2, -0.15) is 4.57 Å². The summed E-state index contributed by atoms with van der Waals surface area (Å²) < 4.78 is 13.9. The van der Waals surface area contributed by atoms with Gasteiger partial charge in [0.05, 0.1) is 12.0 Å². The van der Waals surface area contributed by atoms with Crippen LogP contribution < -0.4 is 9.30 Å². The largest absolute Gasteiger partial charge is 0.484 e. The molecule has 0 N–H and O–H groups in total. The van der Waals surface area contributed by atoms with Gasteiger partial charge in [0.2, 0.25) is 6.20 Å². The highest BCUT2D eigenvalue weighted by atomic mass is 16.6. The van der Waals surface area contributed by atoms with Gasteiger partial charge in [0.25, 0.3) is 0 Å². The molecule has 0 bridgehead atoms. The Morgan fingerprint density at radius 1 is 1.14 bits per heavy atom. The van der Waals surface area contributed by atoms with E-state index in [0.29, 0.717) is 5.92 Å². The van der Waals surface area contributed by atoms with Crippen molar-refractivity contribution in [2.75, 3.05) is 0 Å². The Balaban J connectivity index is 1.55. The number of benzene rings is 1. The molecule has 3 rings (SSSR count). The maximum atomic E-state index is 12.4. The fourth-order valence-electron chi connectivity index (χ4n) is 3.77. The Morgan fingerprint density at radius 3 is 2.61 bits per heavy atom. The predicted octanol–water partition coefficient (Wildman–Crippen LogP) is 4.55. The van der Waals surface area contributed by atoms with Gasteiger partial charge in [-0.25, -0.2) is 0 Å². The van der Waals surface area contributed by atoms with Crippen molar-refractivity contribution in [1.82, 2.24) is 0 Å². The van der Waals surface area contributed by atoms with Gasteiger partial charge in [0.15, 0.2) is 18.5 Å². The lowest BCUT2D eigenvalue weighted by atomic mass is 9.92. The van der Waals surface area contributed by atoms with Crippen LogP contribution in [0.15, 0.2) is 54.9 Å². The van der Waals surface area contributed by atoms with Gasteiger partial charge < -0.3 is 9.47 Å². The quantitative estimate of drug-likeness (QED) is 0.544. The summed E-state index contributed by atoms with van der Waals surface area (Å²) in [6, 6.07) is 14.4. The Bertz CT molecular complexity index is 782. The smallest absolute Gasteiger partial charge is 0.309 e. The van der Waals surface area contributed by atoms with Crippen molar-refractivity contribution in [3.05, 3.63) is 60.4 Å². The van der Waals surface area contributed by atoms with E-state index in [-0.39, 0.29) is 18.0 Å². The summed E-state index contributed by atoms with van der Waals surface area (Å²) in [6.45, 7) is 8.55. The lowest BCUT2D eigenvalue weighted by Crippen LogP contribution is -2.33. The summed E-state index contributed by atoms with van der Waals surface area (Å²) >= 11 is 0. The van der Waals surface area contributed by atoms with E-state index in [1.54, 1.807) is 0 Å². The average Bonchev–Trinajstić information content (AvgIpc) is 3.09. The molecule has 1 aromatic carbocycles. The molecule has 0 aliphatic heterocycles. The molecular weight excluding hydrogens is 350 g/mol. The molecule has 28 heavy (non-hydrogen) atoms. The lowest BCUT2D eigenvalue weighted by molar-refractivity contribution is -0.688. The van der Waals surface area contributed by atoms with E-state index in [9.17, 15) is 4.79 Å². The number of nitrogens with zero attached hydrogens (tertiary/aromatic N) is 1. The molecule has 3 atom stereocenters. The van der Waals surface area contributed by atoms with Crippen molar-refractivity contribution in [1.29, 1.82) is 0 Å². The first-order valence-electron chi connectivity index (χ1n) is 10.2. The van der Waals surface area contributed by atoms with E-state index in [1.165, 1.54) is 5.56 Å². The SMILES string of the molecule is CC(C(=O)OC(C)(C)C)C1CCC(Oc2ccc[n+](Cc3ccccc3)c2)C1. The number of hydrogen-bond acceptors (Lipinski definition) is 3. The van der Waals surface area contributed by atoms with Crippen LogP contribution in [0.25, 0.3) is 0 Å². The second-order valence-corrected chi connectivity index (χ2v) is 8.83. The maximum absolute atomic E-state index is 12.4. The summed E-state index contributed by atoms with van der Waals surface area (Å²) in [5, 5.41) is 0. The van der Waals surface area contributed by atoms with E-state index < -0.39 is 5.60 Å². The highest BCUT2D eigenvalue weighted by Crippen LogP contribution is 2.35. The molecule has 1 fully saturated rings. The van der Waals surface area contributed by atoms with Crippen LogP contribution >= 0.6 is 0 Å². The number of aromatic nitrogens is 1. The normalized spacial score (nSPS) is 20.6. The third-order valence-corrected chi connectivity index (χ3v) is 5.25. The van der Waals surface area contributed by atoms with Crippen molar-refractivity contribution >= 4 is 5.97 Å². The van der Waals surface area contributed by atoms with Gasteiger partial charge in [0.1, 0.15) is 5.60 Å². The summed E-state index contributed by atoms with van der Waals surface area (Å²) in [5.74, 6) is 1.01. The van der Waals surface area contributed by atoms with Gasteiger partial charge in [0, 0.05) is 11.6 Å². The highest BCUT2D eigenvalue weighted by molar-refractivity contribution is 5.72. The average molecular weight is 383 g/mol. The van der Waals surface area contributed by atoms with Gasteiger partial charge in [-0.15, -0.1) is 0 Å². The van der Waals surface area contributed by atoms with Crippen molar-refractivity contribution in [3.63, 3.8) is 0 Å². The van der Waals surface area contributed by atoms with Crippen LogP contribution in [0, 0.1) is 11.8 Å². The minimum atomic E-state index is -0.434. The Kier molecular flexibility index (Phi) is 6.38. The number of carbonyl (C=O) groups excluding carboxylic acids is 1. The minimum Gasteiger partial charge on any atom is -0.484 e. The molecular formula is C24H32NO3+. The summed E-state index contributed by atoms with van der Waals surface area (Å²) in [5.41, 5.74) is 0.827. The van der Waals surface area contributed by atoms with Crippen LogP contribution in [-0.2, 0) is 16.1 Å². The van der Waals surface area contributed by atoms with Crippen LogP contribution in [0.4, 0.5) is 0 Å². The first-order valence-corrected chi connectivity index (χ1v) is 10.2. The van der Waals surface area contributed by atoms with Crippen molar-refractivity contribution in [2.45, 2.75) is 65.2 Å². The zero-order valence-corrected chi connectivity index (χ0v) is 17.4. The fourth-order valence-corrected chi connectivity index (χ4v) is 3.77. The fraction of sp³-hybridized carbons (Fsp3) is 0.500. The van der Waals surface area contributed by atoms with E-state index in [1.807, 2.05) is 45.9 Å². The van der Waals surface area contributed by atoms with Crippen LogP contribution in [0.1, 0.15) is 52.5 Å². The van der Waals surface area contributed by atoms with Gasteiger partial charge in [-0.1, -0.05) is 37.3 Å². The summed E-state index contributed by atoms with van der Waals surface area (Å²) in [6.07, 6.45) is 7.14. The topological polar surface area (TPSA) is 39.4 Å². The molecule has 1 aliphatic carbocycles. The molecule has 0 radical (unpaired) electrons. The van der Waals surface area contributed by atoms with Gasteiger partial charge in [-0.05, 0) is 52.0 Å². The first kappa shape index (κ1) is 20.4. The lowest BCUT2D eigenvalue weighted by Gasteiger charge is -2.25. The Morgan fingerprint density at radius 2 is 1.89 bits per heavy atom. The zero-order chi connectivity index (χ0) is 20.1. The van der Waals surface area contributed by atoms with Gasteiger partial charge >= 0.3 is 5.97 Å². The molecule has 2 aromatic rings. The molecule has 4 nitrogen and oxygen atoms in total. The second kappa shape index (κ2) is 8.76. The number of pyridine rings is 1. The third kappa shape index (κ3) is 5.82. The van der Waals surface area contributed by atoms with E-state index in [4.69, 9.17) is 9.47 Å². The standard InChI is InChI=1S/C24H32NO3/c1-18(23(26)28-24(2,3)4)20-12-13-21(15-20)27-22-11-8-14-25(17-22)16-19-9-6-5-7-10-19/h5-11,14,17-18,20-21H,12-13,15-16H2,1-4H3/q+1. The molecule has 1 saturated carbocycles. The zero-order valence-electron chi connectivity index (χ0n) is 17.4. The number of rotatable bonds is 6. The molecule has 4 heteroatoms. The van der Waals surface area contributed by atoms with Crippen LogP contribution in [0.3, 0.4) is 0 Å². The molecule has 1 aliphatic rings. The van der Waals surface area contributed by atoms with Crippen molar-refractivity contribution in [3.8, 4) is 5.75 Å². The van der Waals surface area contributed by atoms with Crippen molar-refractivity contribution in [2.24, 2.45) is 11.8 Å². The molecule has 1 heterocycles. The van der Waals surface area contributed by atoms with Crippen LogP contribution in [-0.4, -0.2) is 17.7 Å². The Labute approximate surface area is 168 Å².